The van der Waals surface area contributed by atoms with Crippen LogP contribution in [-0.4, -0.2) is 20.1 Å². The molecule has 6 heteroatoms. The number of ketones is 1. The maximum Gasteiger partial charge on any atom is 0.347 e. The normalized spacial score (nSPS) is 25.8. The van der Waals surface area contributed by atoms with E-state index >= 15 is 0 Å². The molecule has 0 aliphatic heterocycles. The first kappa shape index (κ1) is 15.9. The van der Waals surface area contributed by atoms with Crippen LogP contribution in [0.25, 0.3) is 0 Å². The summed E-state index contributed by atoms with van der Waals surface area (Å²) >= 11 is 0. The van der Waals surface area contributed by atoms with Crippen molar-refractivity contribution < 1.29 is 4.79 Å². The van der Waals surface area contributed by atoms with Crippen molar-refractivity contribution in [3.05, 3.63) is 68.5 Å². The SMILES string of the molecule is Cn1c(=O)[nH]n([C@@H]2C=C[C@H](C3CCCCC3=O)c3ccccc32)c1=O. The van der Waals surface area contributed by atoms with E-state index in [2.05, 4.69) is 5.10 Å². The third kappa shape index (κ3) is 2.52. The highest BCUT2D eigenvalue weighted by Gasteiger charge is 2.34. The van der Waals surface area contributed by atoms with Crippen molar-refractivity contribution in [1.82, 2.24) is 14.3 Å². The molecule has 1 N–H and O–H groups in total. The van der Waals surface area contributed by atoms with Crippen LogP contribution in [0.15, 0.2) is 46.0 Å². The number of carbonyl (C=O) groups excluding carboxylic acids is 1. The van der Waals surface area contributed by atoms with Crippen LogP contribution in [0.2, 0.25) is 0 Å². The van der Waals surface area contributed by atoms with E-state index in [1.165, 1.54) is 11.7 Å². The van der Waals surface area contributed by atoms with Crippen LogP contribution in [0.3, 0.4) is 0 Å². The van der Waals surface area contributed by atoms with Crippen LogP contribution in [0.4, 0.5) is 0 Å². The number of rotatable bonds is 2. The van der Waals surface area contributed by atoms with Gasteiger partial charge in [0.25, 0.3) is 0 Å². The Labute approximate surface area is 144 Å². The molecule has 2 aliphatic rings. The minimum Gasteiger partial charge on any atom is -0.299 e. The fraction of sp³-hybridized carbons (Fsp3) is 0.421. The van der Waals surface area contributed by atoms with Crippen LogP contribution in [0.1, 0.15) is 48.8 Å². The lowest BCUT2D eigenvalue weighted by atomic mass is 9.72. The van der Waals surface area contributed by atoms with Crippen LogP contribution in [0, 0.1) is 5.92 Å². The standard InChI is InChI=1S/C19H21N3O3/c1-21-18(24)20-22(19(21)25)16-11-10-13(12-6-2-3-7-14(12)16)15-8-4-5-9-17(15)23/h2-3,6-7,10-11,13,15-16H,4-5,8-9H2,1H3,(H,20,24)/t13-,15?,16+/m0/s1. The molecule has 0 radical (unpaired) electrons. The number of allylic oxidation sites excluding steroid dienone is 2. The zero-order valence-corrected chi connectivity index (χ0v) is 14.1. The van der Waals surface area contributed by atoms with Gasteiger partial charge in [0, 0.05) is 25.3 Å². The lowest BCUT2D eigenvalue weighted by Gasteiger charge is -2.33. The number of aromatic nitrogens is 3. The third-order valence-corrected chi connectivity index (χ3v) is 5.50. The summed E-state index contributed by atoms with van der Waals surface area (Å²) in [5.74, 6) is 0.393. The Morgan fingerprint density at radius 2 is 1.80 bits per heavy atom. The molecule has 4 rings (SSSR count). The number of aromatic amines is 1. The highest BCUT2D eigenvalue weighted by Crippen LogP contribution is 2.41. The van der Waals surface area contributed by atoms with E-state index in [1.807, 2.05) is 36.4 Å². The molecule has 130 valence electrons. The van der Waals surface area contributed by atoms with Gasteiger partial charge in [0.2, 0.25) is 0 Å². The molecule has 0 saturated heterocycles. The molecule has 0 spiro atoms. The molecule has 25 heavy (non-hydrogen) atoms. The zero-order chi connectivity index (χ0) is 17.6. The molecule has 3 atom stereocenters. The molecular formula is C19H21N3O3. The van der Waals surface area contributed by atoms with E-state index in [9.17, 15) is 14.4 Å². The summed E-state index contributed by atoms with van der Waals surface area (Å²) < 4.78 is 2.42. The first-order valence-corrected chi connectivity index (χ1v) is 8.75. The van der Waals surface area contributed by atoms with Crippen LogP contribution in [0.5, 0.6) is 0 Å². The number of nitrogens with zero attached hydrogens (tertiary/aromatic N) is 2. The first-order valence-electron chi connectivity index (χ1n) is 8.75. The monoisotopic (exact) mass is 339 g/mol. The summed E-state index contributed by atoms with van der Waals surface area (Å²) in [7, 11) is 1.46. The number of hydrogen-bond donors (Lipinski definition) is 1. The summed E-state index contributed by atoms with van der Waals surface area (Å²) in [6.07, 6.45) is 7.61. The van der Waals surface area contributed by atoms with Crippen molar-refractivity contribution in [2.75, 3.05) is 0 Å². The Morgan fingerprint density at radius 1 is 1.04 bits per heavy atom. The van der Waals surface area contributed by atoms with Crippen molar-refractivity contribution >= 4 is 5.78 Å². The predicted octanol–water partition coefficient (Wildman–Crippen LogP) is 1.88. The van der Waals surface area contributed by atoms with Gasteiger partial charge < -0.3 is 0 Å². The van der Waals surface area contributed by atoms with Gasteiger partial charge in [-0.3, -0.25) is 4.79 Å². The van der Waals surface area contributed by atoms with E-state index in [0.29, 0.717) is 12.2 Å². The van der Waals surface area contributed by atoms with E-state index in [-0.39, 0.29) is 23.6 Å². The van der Waals surface area contributed by atoms with Gasteiger partial charge in [0.05, 0.1) is 6.04 Å². The number of benzene rings is 1. The maximum absolute atomic E-state index is 12.4. The van der Waals surface area contributed by atoms with Gasteiger partial charge in [-0.2, -0.15) is 0 Å². The van der Waals surface area contributed by atoms with Gasteiger partial charge in [-0.1, -0.05) is 42.8 Å². The molecule has 2 aromatic rings. The van der Waals surface area contributed by atoms with E-state index in [4.69, 9.17) is 0 Å². The lowest BCUT2D eigenvalue weighted by molar-refractivity contribution is -0.124. The van der Waals surface area contributed by atoms with Crippen LogP contribution in [-0.2, 0) is 11.8 Å². The highest BCUT2D eigenvalue weighted by molar-refractivity contribution is 5.83. The number of carbonyl (C=O) groups is 1. The Hall–Kier alpha value is -2.63. The lowest BCUT2D eigenvalue weighted by Crippen LogP contribution is -2.31. The third-order valence-electron chi connectivity index (χ3n) is 5.50. The van der Waals surface area contributed by atoms with Gasteiger partial charge in [-0.25, -0.2) is 23.9 Å². The summed E-state index contributed by atoms with van der Waals surface area (Å²) in [5, 5.41) is 2.62. The zero-order valence-electron chi connectivity index (χ0n) is 14.1. The van der Waals surface area contributed by atoms with Crippen LogP contribution < -0.4 is 11.4 Å². The second kappa shape index (κ2) is 6.02. The summed E-state index contributed by atoms with van der Waals surface area (Å²) in [6.45, 7) is 0. The molecule has 2 aliphatic carbocycles. The molecule has 1 aromatic heterocycles. The average Bonchev–Trinajstić information content (AvgIpc) is 2.89. The number of hydrogen-bond acceptors (Lipinski definition) is 3. The largest absolute Gasteiger partial charge is 0.347 e. The fourth-order valence-electron chi connectivity index (χ4n) is 4.14. The Bertz CT molecular complexity index is 963. The Morgan fingerprint density at radius 3 is 2.48 bits per heavy atom. The van der Waals surface area contributed by atoms with Gasteiger partial charge in [-0.05, 0) is 24.0 Å². The second-order valence-electron chi connectivity index (χ2n) is 6.93. The molecule has 0 bridgehead atoms. The van der Waals surface area contributed by atoms with Crippen molar-refractivity contribution in [2.45, 2.75) is 37.6 Å². The van der Waals surface area contributed by atoms with Crippen LogP contribution >= 0.6 is 0 Å². The Kier molecular flexibility index (Phi) is 3.82. The maximum atomic E-state index is 12.4. The summed E-state index contributed by atoms with van der Waals surface area (Å²) in [6, 6.07) is 7.54. The van der Waals surface area contributed by atoms with E-state index < -0.39 is 5.69 Å². The quantitative estimate of drug-likeness (QED) is 0.849. The van der Waals surface area contributed by atoms with Gasteiger partial charge >= 0.3 is 11.4 Å². The number of H-pyrrole nitrogens is 1. The first-order chi connectivity index (χ1) is 12.1. The van der Waals surface area contributed by atoms with E-state index in [1.54, 1.807) is 0 Å². The number of Topliss-reactive ketones (excluding diaryl/α,β-unsaturated/α-hetero) is 1. The van der Waals surface area contributed by atoms with Gasteiger partial charge in [0.1, 0.15) is 5.78 Å². The smallest absolute Gasteiger partial charge is 0.299 e. The predicted molar refractivity (Wildman–Crippen MR) is 93.7 cm³/mol. The van der Waals surface area contributed by atoms with E-state index in [0.717, 1.165) is 35.0 Å². The van der Waals surface area contributed by atoms with Gasteiger partial charge in [0.15, 0.2) is 0 Å². The molecule has 1 unspecified atom stereocenters. The Balaban J connectivity index is 1.80. The number of nitrogens with one attached hydrogen (secondary N) is 1. The fourth-order valence-corrected chi connectivity index (χ4v) is 4.14. The highest BCUT2D eigenvalue weighted by atomic mass is 16.2. The minimum absolute atomic E-state index is 0.0126. The minimum atomic E-state index is -0.430. The molecule has 1 fully saturated rings. The molecule has 0 amide bonds. The van der Waals surface area contributed by atoms with Gasteiger partial charge in [-0.15, -0.1) is 0 Å². The molecular weight excluding hydrogens is 318 g/mol. The molecule has 1 aromatic carbocycles. The molecule has 1 heterocycles. The van der Waals surface area contributed by atoms with Crippen molar-refractivity contribution in [3.8, 4) is 0 Å². The summed E-state index contributed by atoms with van der Waals surface area (Å²) in [4.78, 5) is 36.5. The topological polar surface area (TPSA) is 76.9 Å². The van der Waals surface area contributed by atoms with Crippen molar-refractivity contribution in [3.63, 3.8) is 0 Å². The molecule has 6 nitrogen and oxygen atoms in total. The number of fused-ring (bicyclic) bond motifs is 1. The molecule has 1 saturated carbocycles. The summed E-state index contributed by atoms with van der Waals surface area (Å²) in [5.41, 5.74) is 1.24. The van der Waals surface area contributed by atoms with Crippen molar-refractivity contribution in [1.29, 1.82) is 0 Å². The van der Waals surface area contributed by atoms with Crippen molar-refractivity contribution in [2.24, 2.45) is 13.0 Å². The average molecular weight is 339 g/mol. The second-order valence-corrected chi connectivity index (χ2v) is 6.93.